The molecule has 1 aliphatic heterocycles. The highest BCUT2D eigenvalue weighted by Crippen LogP contribution is 2.26. The lowest BCUT2D eigenvalue weighted by Crippen LogP contribution is -2.12. The second kappa shape index (κ2) is 5.89. The van der Waals surface area contributed by atoms with Crippen molar-refractivity contribution in [2.24, 2.45) is 0 Å². The van der Waals surface area contributed by atoms with Gasteiger partial charge in [-0.15, -0.1) is 0 Å². The Bertz CT molecular complexity index is 739. The molecule has 1 aliphatic rings. The molecule has 0 unspecified atom stereocenters. The molecule has 0 fully saturated rings. The van der Waals surface area contributed by atoms with Crippen molar-refractivity contribution >= 4 is 17.6 Å². The highest BCUT2D eigenvalue weighted by Gasteiger charge is 2.15. The fourth-order valence-electron chi connectivity index (χ4n) is 2.37. The summed E-state index contributed by atoms with van der Waals surface area (Å²) in [5.41, 5.74) is 2.54. The summed E-state index contributed by atoms with van der Waals surface area (Å²) in [5.74, 6) is 0.173. The molecule has 2 aromatic rings. The van der Waals surface area contributed by atoms with Crippen LogP contribution in [0.1, 0.15) is 26.3 Å². The molecule has 2 aromatic carbocycles. The minimum Gasteiger partial charge on any atom is -0.493 e. The molecule has 3 rings (SSSR count). The van der Waals surface area contributed by atoms with Gasteiger partial charge in [-0.25, -0.2) is 4.79 Å². The largest absolute Gasteiger partial charge is 0.493 e. The third-order valence-corrected chi connectivity index (χ3v) is 3.49. The molecule has 1 N–H and O–H groups in total. The molecule has 0 aliphatic carbocycles. The van der Waals surface area contributed by atoms with E-state index in [-0.39, 0.29) is 5.91 Å². The van der Waals surface area contributed by atoms with Crippen LogP contribution in [-0.4, -0.2) is 25.6 Å². The predicted octanol–water partition coefficient (Wildman–Crippen LogP) is 2.66. The van der Waals surface area contributed by atoms with E-state index in [1.807, 2.05) is 12.1 Å². The summed E-state index contributed by atoms with van der Waals surface area (Å²) < 4.78 is 10.1. The Kier molecular flexibility index (Phi) is 3.78. The molecule has 22 heavy (non-hydrogen) atoms. The molecule has 0 bridgehead atoms. The van der Waals surface area contributed by atoms with Gasteiger partial charge >= 0.3 is 5.97 Å². The molecule has 5 nitrogen and oxygen atoms in total. The van der Waals surface area contributed by atoms with Crippen molar-refractivity contribution in [2.75, 3.05) is 19.0 Å². The average molecular weight is 297 g/mol. The van der Waals surface area contributed by atoms with Gasteiger partial charge in [-0.1, -0.05) is 6.07 Å². The maximum absolute atomic E-state index is 12.3. The molecule has 112 valence electrons. The fourth-order valence-corrected chi connectivity index (χ4v) is 2.37. The Balaban J connectivity index is 1.78. The Morgan fingerprint density at radius 2 is 2.00 bits per heavy atom. The zero-order chi connectivity index (χ0) is 15.5. The van der Waals surface area contributed by atoms with E-state index in [0.717, 1.165) is 17.7 Å². The summed E-state index contributed by atoms with van der Waals surface area (Å²) >= 11 is 0. The van der Waals surface area contributed by atoms with Crippen LogP contribution in [-0.2, 0) is 11.2 Å². The summed E-state index contributed by atoms with van der Waals surface area (Å²) in [4.78, 5) is 23.8. The van der Waals surface area contributed by atoms with Gasteiger partial charge in [-0.05, 0) is 42.0 Å². The molecular weight excluding hydrogens is 282 g/mol. The van der Waals surface area contributed by atoms with Gasteiger partial charge in [0.05, 0.1) is 19.3 Å². The molecular formula is C17H15NO4. The molecule has 1 heterocycles. The number of anilines is 1. The number of fused-ring (bicyclic) bond motifs is 1. The van der Waals surface area contributed by atoms with Crippen LogP contribution in [0.3, 0.4) is 0 Å². The monoisotopic (exact) mass is 297 g/mol. The lowest BCUT2D eigenvalue weighted by molar-refractivity contribution is 0.0600. The number of rotatable bonds is 3. The maximum Gasteiger partial charge on any atom is 0.337 e. The molecule has 0 atom stereocenters. The fraction of sp³-hybridized carbons (Fsp3) is 0.176. The minimum atomic E-state index is -0.439. The van der Waals surface area contributed by atoms with Crippen molar-refractivity contribution in [3.05, 3.63) is 59.2 Å². The molecule has 0 saturated heterocycles. The number of carbonyl (C=O) groups excluding carboxylic acids is 2. The van der Waals surface area contributed by atoms with Gasteiger partial charge in [0.15, 0.2) is 0 Å². The number of benzene rings is 2. The molecule has 0 saturated carbocycles. The van der Waals surface area contributed by atoms with Crippen LogP contribution in [0.25, 0.3) is 0 Å². The first-order valence-corrected chi connectivity index (χ1v) is 6.93. The maximum atomic E-state index is 12.3. The standard InChI is InChI=1S/C17H15NO4/c1-21-17(20)13-3-2-4-14(10-13)18-16(19)12-5-6-15-11(9-12)7-8-22-15/h2-6,9-10H,7-8H2,1H3,(H,18,19). The van der Waals surface area contributed by atoms with E-state index in [2.05, 4.69) is 10.1 Å². The third-order valence-electron chi connectivity index (χ3n) is 3.49. The van der Waals surface area contributed by atoms with E-state index >= 15 is 0 Å². The van der Waals surface area contributed by atoms with Gasteiger partial charge in [0.2, 0.25) is 0 Å². The summed E-state index contributed by atoms with van der Waals surface area (Å²) in [6.45, 7) is 0.654. The summed E-state index contributed by atoms with van der Waals surface area (Å²) in [5, 5.41) is 2.78. The highest BCUT2D eigenvalue weighted by atomic mass is 16.5. The van der Waals surface area contributed by atoms with Crippen molar-refractivity contribution < 1.29 is 19.1 Å². The van der Waals surface area contributed by atoms with E-state index in [9.17, 15) is 9.59 Å². The van der Waals surface area contributed by atoms with Crippen LogP contribution in [0, 0.1) is 0 Å². The lowest BCUT2D eigenvalue weighted by atomic mass is 10.1. The van der Waals surface area contributed by atoms with Gasteiger partial charge in [0, 0.05) is 17.7 Å². The topological polar surface area (TPSA) is 64.6 Å². The quantitative estimate of drug-likeness (QED) is 0.885. The number of nitrogens with one attached hydrogen (secondary N) is 1. The van der Waals surface area contributed by atoms with Crippen molar-refractivity contribution in [1.29, 1.82) is 0 Å². The molecule has 1 amide bonds. The summed E-state index contributed by atoms with van der Waals surface area (Å²) in [7, 11) is 1.32. The van der Waals surface area contributed by atoms with Crippen LogP contribution in [0.15, 0.2) is 42.5 Å². The van der Waals surface area contributed by atoms with Crippen molar-refractivity contribution in [1.82, 2.24) is 0 Å². The number of esters is 1. The first-order chi connectivity index (χ1) is 10.7. The van der Waals surface area contributed by atoms with Gasteiger partial charge in [-0.3, -0.25) is 4.79 Å². The Hall–Kier alpha value is -2.82. The smallest absolute Gasteiger partial charge is 0.337 e. The summed E-state index contributed by atoms with van der Waals surface area (Å²) in [6, 6.07) is 12.0. The first kappa shape index (κ1) is 14.1. The third kappa shape index (κ3) is 2.79. The van der Waals surface area contributed by atoms with Crippen molar-refractivity contribution in [3.8, 4) is 5.75 Å². The molecule has 0 radical (unpaired) electrons. The number of ether oxygens (including phenoxy) is 2. The van der Waals surface area contributed by atoms with E-state index in [4.69, 9.17) is 4.74 Å². The van der Waals surface area contributed by atoms with Crippen LogP contribution in [0.2, 0.25) is 0 Å². The van der Waals surface area contributed by atoms with Crippen LogP contribution >= 0.6 is 0 Å². The van der Waals surface area contributed by atoms with Crippen LogP contribution < -0.4 is 10.1 Å². The van der Waals surface area contributed by atoms with E-state index in [1.54, 1.807) is 30.3 Å². The highest BCUT2D eigenvalue weighted by molar-refractivity contribution is 6.05. The SMILES string of the molecule is COC(=O)c1cccc(NC(=O)c2ccc3c(c2)CCO3)c1. The van der Waals surface area contributed by atoms with Crippen LogP contribution in [0.5, 0.6) is 5.75 Å². The van der Waals surface area contributed by atoms with E-state index in [1.165, 1.54) is 7.11 Å². The second-order valence-electron chi connectivity index (χ2n) is 4.95. The Morgan fingerprint density at radius 3 is 2.82 bits per heavy atom. The van der Waals surface area contributed by atoms with Crippen molar-refractivity contribution in [2.45, 2.75) is 6.42 Å². The van der Waals surface area contributed by atoms with Gasteiger partial charge in [-0.2, -0.15) is 0 Å². The normalized spacial score (nSPS) is 12.2. The average Bonchev–Trinajstić information content (AvgIpc) is 3.01. The second-order valence-corrected chi connectivity index (χ2v) is 4.95. The number of amides is 1. The van der Waals surface area contributed by atoms with Crippen molar-refractivity contribution in [3.63, 3.8) is 0 Å². The molecule has 5 heteroatoms. The molecule has 0 aromatic heterocycles. The number of carbonyl (C=O) groups is 2. The zero-order valence-corrected chi connectivity index (χ0v) is 12.1. The number of methoxy groups -OCH3 is 1. The number of hydrogen-bond acceptors (Lipinski definition) is 4. The van der Waals surface area contributed by atoms with E-state index < -0.39 is 5.97 Å². The lowest BCUT2D eigenvalue weighted by Gasteiger charge is -2.08. The Morgan fingerprint density at radius 1 is 1.14 bits per heavy atom. The zero-order valence-electron chi connectivity index (χ0n) is 12.1. The number of hydrogen-bond donors (Lipinski definition) is 1. The molecule has 0 spiro atoms. The minimum absolute atomic E-state index is 0.225. The van der Waals surface area contributed by atoms with Crippen LogP contribution in [0.4, 0.5) is 5.69 Å². The van der Waals surface area contributed by atoms with Gasteiger partial charge < -0.3 is 14.8 Å². The van der Waals surface area contributed by atoms with Gasteiger partial charge in [0.25, 0.3) is 5.91 Å². The van der Waals surface area contributed by atoms with Gasteiger partial charge in [0.1, 0.15) is 5.75 Å². The summed E-state index contributed by atoms with van der Waals surface area (Å²) in [6.07, 6.45) is 0.814. The van der Waals surface area contributed by atoms with E-state index in [0.29, 0.717) is 23.4 Å². The first-order valence-electron chi connectivity index (χ1n) is 6.93. The predicted molar refractivity (Wildman–Crippen MR) is 81.4 cm³/mol. The Labute approximate surface area is 127 Å².